The van der Waals surface area contributed by atoms with Gasteiger partial charge in [0, 0.05) is 29.8 Å². The zero-order chi connectivity index (χ0) is 39.8. The highest BCUT2D eigenvalue weighted by atomic mass is 16.5. The van der Waals surface area contributed by atoms with Crippen molar-refractivity contribution in [1.29, 1.82) is 0 Å². The van der Waals surface area contributed by atoms with Crippen molar-refractivity contribution in [1.82, 2.24) is 0 Å². The van der Waals surface area contributed by atoms with Crippen molar-refractivity contribution in [3.63, 3.8) is 0 Å². The van der Waals surface area contributed by atoms with Crippen LogP contribution in [0.15, 0.2) is 133 Å². The number of ketones is 2. The van der Waals surface area contributed by atoms with Crippen LogP contribution in [0.4, 0.5) is 5.69 Å². The van der Waals surface area contributed by atoms with Crippen LogP contribution in [0.25, 0.3) is 0 Å². The third-order valence-corrected chi connectivity index (χ3v) is 10.8. The molecule has 9 nitrogen and oxygen atoms in total. The fourth-order valence-corrected chi connectivity index (χ4v) is 7.52. The van der Waals surface area contributed by atoms with E-state index >= 15 is 0 Å². The SMILES string of the molecule is CC(C)(c1ccc(Oc2ccc3c(c2)C(=O)C(c2ccc(CCO)cc2)C3=O)cc1)c1ccc(Oc2ccc3c(c2)C(=O)N(c2ccc(CCO)cc2)C3=O)cc1. The fourth-order valence-electron chi connectivity index (χ4n) is 7.52. The molecule has 8 rings (SSSR count). The molecule has 1 aliphatic heterocycles. The minimum Gasteiger partial charge on any atom is -0.457 e. The van der Waals surface area contributed by atoms with Crippen LogP contribution in [-0.4, -0.2) is 46.8 Å². The Morgan fingerprint density at radius 3 is 1.47 bits per heavy atom. The van der Waals surface area contributed by atoms with Gasteiger partial charge >= 0.3 is 0 Å². The summed E-state index contributed by atoms with van der Waals surface area (Å²) in [5.41, 5.74) is 5.95. The summed E-state index contributed by atoms with van der Waals surface area (Å²) in [6, 6.07) is 39.5. The van der Waals surface area contributed by atoms with Crippen LogP contribution in [0.5, 0.6) is 23.0 Å². The van der Waals surface area contributed by atoms with Gasteiger partial charge in [0.2, 0.25) is 0 Å². The lowest BCUT2D eigenvalue weighted by Gasteiger charge is -2.26. The first-order valence-corrected chi connectivity index (χ1v) is 18.8. The van der Waals surface area contributed by atoms with Gasteiger partial charge in [-0.3, -0.25) is 19.2 Å². The molecule has 0 saturated carbocycles. The molecule has 1 aliphatic carbocycles. The summed E-state index contributed by atoms with van der Waals surface area (Å²) >= 11 is 0. The molecule has 2 aliphatic rings. The summed E-state index contributed by atoms with van der Waals surface area (Å²) < 4.78 is 12.3. The predicted octanol–water partition coefficient (Wildman–Crippen LogP) is 8.63. The number of benzene rings is 6. The Balaban J connectivity index is 0.916. The largest absolute Gasteiger partial charge is 0.457 e. The zero-order valence-corrected chi connectivity index (χ0v) is 31.4. The van der Waals surface area contributed by atoms with Gasteiger partial charge in [0.05, 0.1) is 16.8 Å². The number of imide groups is 1. The summed E-state index contributed by atoms with van der Waals surface area (Å²) in [6.45, 7) is 4.28. The second-order valence-corrected chi connectivity index (χ2v) is 14.8. The van der Waals surface area contributed by atoms with Crippen LogP contribution in [0.2, 0.25) is 0 Å². The number of fused-ring (bicyclic) bond motifs is 2. The van der Waals surface area contributed by atoms with E-state index < -0.39 is 17.7 Å². The predicted molar refractivity (Wildman–Crippen MR) is 215 cm³/mol. The molecule has 0 saturated heterocycles. The standard InChI is InChI=1S/C48H39NO8/c1-48(2,32-9-15-35(16-10-32)56-37-19-21-39-41(27-37)45(53)43(44(39)52)31-7-3-29(4-8-31)23-25-50)33-11-17-36(18-12-33)57-38-20-22-40-42(28-38)47(55)49(46(40)54)34-13-5-30(6-14-34)24-26-51/h3-22,27-28,43,50-51H,23-26H2,1-2H3. The monoisotopic (exact) mass is 757 g/mol. The first kappa shape index (κ1) is 37.3. The normalized spacial score (nSPS) is 14.9. The first-order valence-electron chi connectivity index (χ1n) is 18.8. The van der Waals surface area contributed by atoms with Crippen molar-refractivity contribution in [3.05, 3.63) is 184 Å². The Hall–Kier alpha value is -6.68. The molecule has 6 aromatic rings. The smallest absolute Gasteiger partial charge is 0.266 e. The highest BCUT2D eigenvalue weighted by molar-refractivity contribution is 6.34. The van der Waals surface area contributed by atoms with Crippen molar-refractivity contribution in [2.45, 2.75) is 38.0 Å². The van der Waals surface area contributed by atoms with Gasteiger partial charge in [0.25, 0.3) is 11.8 Å². The van der Waals surface area contributed by atoms with E-state index in [1.807, 2.05) is 60.7 Å². The van der Waals surface area contributed by atoms with E-state index in [2.05, 4.69) is 13.8 Å². The summed E-state index contributed by atoms with van der Waals surface area (Å²) in [5, 5.41) is 18.4. The number of hydrogen-bond acceptors (Lipinski definition) is 8. The number of ether oxygens (including phenoxy) is 2. The van der Waals surface area contributed by atoms with Gasteiger partial charge in [0.15, 0.2) is 11.6 Å². The van der Waals surface area contributed by atoms with Gasteiger partial charge in [-0.1, -0.05) is 74.5 Å². The third-order valence-electron chi connectivity index (χ3n) is 10.8. The van der Waals surface area contributed by atoms with Crippen LogP contribution < -0.4 is 14.4 Å². The van der Waals surface area contributed by atoms with Crippen LogP contribution in [0.3, 0.4) is 0 Å². The van der Waals surface area contributed by atoms with Crippen molar-refractivity contribution in [3.8, 4) is 23.0 Å². The van der Waals surface area contributed by atoms with Crippen LogP contribution in [0.1, 0.15) is 89.0 Å². The number of carbonyl (C=O) groups excluding carboxylic acids is 4. The summed E-state index contributed by atoms with van der Waals surface area (Å²) in [7, 11) is 0. The quantitative estimate of drug-likeness (QED) is 0.0938. The molecule has 1 unspecified atom stereocenters. The van der Waals surface area contributed by atoms with Gasteiger partial charge in [-0.05, 0) is 113 Å². The number of Topliss-reactive ketones (excluding diaryl/α,β-unsaturated/α-hetero) is 2. The van der Waals surface area contributed by atoms with Crippen molar-refractivity contribution < 1.29 is 38.9 Å². The van der Waals surface area contributed by atoms with E-state index in [0.717, 1.165) is 27.2 Å². The lowest BCUT2D eigenvalue weighted by Crippen LogP contribution is -2.29. The topological polar surface area (TPSA) is 130 Å². The van der Waals surface area contributed by atoms with Crippen LogP contribution in [-0.2, 0) is 18.3 Å². The fraction of sp³-hybridized carbons (Fsp3) is 0.167. The Morgan fingerprint density at radius 2 is 0.947 bits per heavy atom. The van der Waals surface area contributed by atoms with E-state index in [1.54, 1.807) is 72.8 Å². The average Bonchev–Trinajstić information content (AvgIpc) is 3.62. The molecule has 0 radical (unpaired) electrons. The van der Waals surface area contributed by atoms with Gasteiger partial charge in [-0.15, -0.1) is 0 Å². The summed E-state index contributed by atoms with van der Waals surface area (Å²) in [4.78, 5) is 54.3. The zero-order valence-electron chi connectivity index (χ0n) is 31.4. The molecule has 0 bridgehead atoms. The van der Waals surface area contributed by atoms with Gasteiger partial charge < -0.3 is 19.7 Å². The number of amides is 2. The molecule has 2 amide bonds. The maximum absolute atomic E-state index is 13.4. The Kier molecular flexibility index (Phi) is 9.87. The second-order valence-electron chi connectivity index (χ2n) is 14.8. The molecule has 6 aromatic carbocycles. The Labute approximate surface area is 329 Å². The number of hydrogen-bond donors (Lipinski definition) is 2. The van der Waals surface area contributed by atoms with Crippen molar-refractivity contribution >= 4 is 29.1 Å². The van der Waals surface area contributed by atoms with E-state index in [4.69, 9.17) is 9.47 Å². The van der Waals surface area contributed by atoms with E-state index in [0.29, 0.717) is 63.8 Å². The third kappa shape index (κ3) is 7.03. The van der Waals surface area contributed by atoms with Crippen molar-refractivity contribution in [2.75, 3.05) is 18.1 Å². The number of anilines is 1. The first-order chi connectivity index (χ1) is 27.5. The van der Waals surface area contributed by atoms with E-state index in [9.17, 15) is 29.4 Å². The minimum absolute atomic E-state index is 0.0162. The number of carbonyl (C=O) groups is 4. The Bertz CT molecular complexity index is 2340. The molecule has 0 spiro atoms. The number of aliphatic hydroxyl groups excluding tert-OH is 2. The minimum atomic E-state index is -0.891. The summed E-state index contributed by atoms with van der Waals surface area (Å²) in [5.74, 6) is -0.153. The molecule has 1 atom stereocenters. The van der Waals surface area contributed by atoms with E-state index in [1.165, 1.54) is 0 Å². The maximum atomic E-state index is 13.4. The molecule has 9 heteroatoms. The number of nitrogens with zero attached hydrogens (tertiary/aromatic N) is 1. The van der Waals surface area contributed by atoms with Gasteiger partial charge in [-0.25, -0.2) is 4.90 Å². The molecule has 284 valence electrons. The maximum Gasteiger partial charge on any atom is 0.266 e. The number of aliphatic hydroxyl groups is 2. The lowest BCUT2D eigenvalue weighted by molar-refractivity contribution is 0.0884. The van der Waals surface area contributed by atoms with Gasteiger partial charge in [0.1, 0.15) is 28.9 Å². The Morgan fingerprint density at radius 1 is 0.509 bits per heavy atom. The van der Waals surface area contributed by atoms with Crippen LogP contribution >= 0.6 is 0 Å². The molecular formula is C48H39NO8. The molecular weight excluding hydrogens is 719 g/mol. The summed E-state index contributed by atoms with van der Waals surface area (Å²) in [6.07, 6.45) is 1.00. The lowest BCUT2D eigenvalue weighted by atomic mass is 9.78. The molecule has 1 heterocycles. The van der Waals surface area contributed by atoms with Gasteiger partial charge in [-0.2, -0.15) is 0 Å². The van der Waals surface area contributed by atoms with Crippen LogP contribution in [0, 0.1) is 0 Å². The molecule has 57 heavy (non-hydrogen) atoms. The molecule has 0 aromatic heterocycles. The average molecular weight is 758 g/mol. The molecule has 2 N–H and O–H groups in total. The van der Waals surface area contributed by atoms with Crippen molar-refractivity contribution in [2.24, 2.45) is 0 Å². The highest BCUT2D eigenvalue weighted by Crippen LogP contribution is 2.39. The highest BCUT2D eigenvalue weighted by Gasteiger charge is 2.40. The second kappa shape index (κ2) is 15.1. The number of rotatable bonds is 12. The van der Waals surface area contributed by atoms with E-state index in [-0.39, 0.29) is 35.8 Å². The molecule has 0 fully saturated rings.